The van der Waals surface area contributed by atoms with Gasteiger partial charge in [0, 0.05) is 25.2 Å². The van der Waals surface area contributed by atoms with E-state index in [-0.39, 0.29) is 0 Å². The lowest BCUT2D eigenvalue weighted by molar-refractivity contribution is 0.182. The zero-order valence-corrected chi connectivity index (χ0v) is 11.3. The number of benzene rings is 1. The first-order valence-electron chi connectivity index (χ1n) is 7.33. The summed E-state index contributed by atoms with van der Waals surface area (Å²) < 4.78 is 0. The highest BCUT2D eigenvalue weighted by Gasteiger charge is 2.34. The summed E-state index contributed by atoms with van der Waals surface area (Å²) in [5.41, 5.74) is 1.44. The number of likely N-dealkylation sites (tertiary alicyclic amines) is 1. The van der Waals surface area contributed by atoms with Crippen LogP contribution in [0.5, 0.6) is 0 Å². The second-order valence-corrected chi connectivity index (χ2v) is 6.05. The Balaban J connectivity index is 1.50. The minimum atomic E-state index is 0.720. The molecule has 1 aliphatic heterocycles. The second-order valence-electron chi connectivity index (χ2n) is 6.05. The highest BCUT2D eigenvalue weighted by atomic mass is 15.2. The minimum absolute atomic E-state index is 0.720. The van der Waals surface area contributed by atoms with Crippen molar-refractivity contribution in [2.75, 3.05) is 13.1 Å². The van der Waals surface area contributed by atoms with E-state index in [0.29, 0.717) is 0 Å². The predicted octanol–water partition coefficient (Wildman–Crippen LogP) is 2.65. The van der Waals surface area contributed by atoms with Crippen LogP contribution >= 0.6 is 0 Å². The van der Waals surface area contributed by atoms with Crippen molar-refractivity contribution in [1.29, 1.82) is 0 Å². The van der Waals surface area contributed by atoms with Crippen molar-refractivity contribution in [1.82, 2.24) is 10.2 Å². The molecular formula is C16H24N2. The molecule has 1 N–H and O–H groups in total. The SMILES string of the molecule is CC1CC1NC1CCCN(Cc2ccccc2)C1. The topological polar surface area (TPSA) is 15.3 Å². The fourth-order valence-corrected chi connectivity index (χ4v) is 3.03. The fourth-order valence-electron chi connectivity index (χ4n) is 3.03. The van der Waals surface area contributed by atoms with Gasteiger partial charge in [-0.3, -0.25) is 4.90 Å². The standard InChI is InChI=1S/C16H24N2/c1-13-10-16(13)17-15-8-5-9-18(12-15)11-14-6-3-2-4-7-14/h2-4,6-7,13,15-17H,5,8-12H2,1H3. The van der Waals surface area contributed by atoms with Crippen molar-refractivity contribution in [3.63, 3.8) is 0 Å². The third-order valence-electron chi connectivity index (χ3n) is 4.31. The summed E-state index contributed by atoms with van der Waals surface area (Å²) in [6.45, 7) is 5.94. The monoisotopic (exact) mass is 244 g/mol. The molecule has 3 atom stereocenters. The van der Waals surface area contributed by atoms with Gasteiger partial charge in [-0.15, -0.1) is 0 Å². The van der Waals surface area contributed by atoms with Gasteiger partial charge >= 0.3 is 0 Å². The number of hydrogen-bond acceptors (Lipinski definition) is 2. The van der Waals surface area contributed by atoms with E-state index in [1.165, 1.54) is 37.9 Å². The lowest BCUT2D eigenvalue weighted by Crippen LogP contribution is -2.46. The Morgan fingerprint density at radius 1 is 1.28 bits per heavy atom. The van der Waals surface area contributed by atoms with Crippen LogP contribution in [0.25, 0.3) is 0 Å². The molecule has 18 heavy (non-hydrogen) atoms. The Hall–Kier alpha value is -0.860. The summed E-state index contributed by atoms with van der Waals surface area (Å²) in [5, 5.41) is 3.82. The molecule has 0 aromatic heterocycles. The van der Waals surface area contributed by atoms with Gasteiger partial charge in [0.05, 0.1) is 0 Å². The molecule has 0 radical (unpaired) electrons. The van der Waals surface area contributed by atoms with Crippen LogP contribution in [-0.2, 0) is 6.54 Å². The highest BCUT2D eigenvalue weighted by molar-refractivity contribution is 5.14. The second kappa shape index (κ2) is 5.41. The fraction of sp³-hybridized carbons (Fsp3) is 0.625. The van der Waals surface area contributed by atoms with E-state index in [0.717, 1.165) is 24.5 Å². The largest absolute Gasteiger partial charge is 0.310 e. The average molecular weight is 244 g/mol. The summed E-state index contributed by atoms with van der Waals surface area (Å²) in [6, 6.07) is 12.4. The summed E-state index contributed by atoms with van der Waals surface area (Å²) >= 11 is 0. The zero-order chi connectivity index (χ0) is 12.4. The van der Waals surface area contributed by atoms with Crippen LogP contribution in [0.15, 0.2) is 30.3 Å². The summed E-state index contributed by atoms with van der Waals surface area (Å²) in [5.74, 6) is 0.912. The first kappa shape index (κ1) is 12.2. The molecule has 2 fully saturated rings. The Morgan fingerprint density at radius 2 is 2.06 bits per heavy atom. The summed E-state index contributed by atoms with van der Waals surface area (Å²) in [6.07, 6.45) is 4.08. The number of rotatable bonds is 4. The molecule has 0 bridgehead atoms. The van der Waals surface area contributed by atoms with Crippen LogP contribution in [0.3, 0.4) is 0 Å². The molecule has 1 aromatic carbocycles. The molecule has 1 aromatic rings. The van der Waals surface area contributed by atoms with Crippen LogP contribution < -0.4 is 5.32 Å². The van der Waals surface area contributed by atoms with Crippen molar-refractivity contribution in [2.24, 2.45) is 5.92 Å². The molecule has 0 spiro atoms. The maximum absolute atomic E-state index is 3.82. The molecule has 1 heterocycles. The van der Waals surface area contributed by atoms with Gasteiger partial charge in [0.1, 0.15) is 0 Å². The zero-order valence-electron chi connectivity index (χ0n) is 11.3. The third-order valence-corrected chi connectivity index (χ3v) is 4.31. The van der Waals surface area contributed by atoms with E-state index in [2.05, 4.69) is 47.5 Å². The van der Waals surface area contributed by atoms with E-state index < -0.39 is 0 Å². The van der Waals surface area contributed by atoms with Crippen LogP contribution in [0.2, 0.25) is 0 Å². The lowest BCUT2D eigenvalue weighted by Gasteiger charge is -2.33. The molecule has 2 nitrogen and oxygen atoms in total. The third kappa shape index (κ3) is 3.12. The maximum atomic E-state index is 3.82. The Bertz CT molecular complexity index is 376. The van der Waals surface area contributed by atoms with Gasteiger partial charge in [0.2, 0.25) is 0 Å². The molecule has 98 valence electrons. The van der Waals surface area contributed by atoms with E-state index >= 15 is 0 Å². The van der Waals surface area contributed by atoms with Gasteiger partial charge in [-0.2, -0.15) is 0 Å². The van der Waals surface area contributed by atoms with Gasteiger partial charge < -0.3 is 5.32 Å². The number of hydrogen-bond donors (Lipinski definition) is 1. The minimum Gasteiger partial charge on any atom is -0.310 e. The molecule has 2 aliphatic rings. The van der Waals surface area contributed by atoms with Crippen molar-refractivity contribution >= 4 is 0 Å². The molecule has 3 unspecified atom stereocenters. The van der Waals surface area contributed by atoms with Crippen molar-refractivity contribution < 1.29 is 0 Å². The van der Waals surface area contributed by atoms with Crippen molar-refractivity contribution in [2.45, 2.75) is 44.8 Å². The van der Waals surface area contributed by atoms with E-state index in [1.807, 2.05) is 0 Å². The molecule has 3 rings (SSSR count). The van der Waals surface area contributed by atoms with Crippen molar-refractivity contribution in [3.05, 3.63) is 35.9 Å². The highest BCUT2D eigenvalue weighted by Crippen LogP contribution is 2.30. The summed E-state index contributed by atoms with van der Waals surface area (Å²) in [7, 11) is 0. The van der Waals surface area contributed by atoms with Gasteiger partial charge in [-0.05, 0) is 37.3 Å². The Kier molecular flexibility index (Phi) is 3.67. The van der Waals surface area contributed by atoms with Gasteiger partial charge in [-0.25, -0.2) is 0 Å². The molecule has 0 amide bonds. The van der Waals surface area contributed by atoms with Crippen LogP contribution in [0.1, 0.15) is 31.7 Å². The Morgan fingerprint density at radius 3 is 2.78 bits per heavy atom. The quantitative estimate of drug-likeness (QED) is 0.876. The smallest absolute Gasteiger partial charge is 0.0234 e. The van der Waals surface area contributed by atoms with E-state index in [9.17, 15) is 0 Å². The number of nitrogens with one attached hydrogen (secondary N) is 1. The van der Waals surface area contributed by atoms with E-state index in [1.54, 1.807) is 0 Å². The number of piperidine rings is 1. The predicted molar refractivity (Wildman–Crippen MR) is 75.4 cm³/mol. The normalized spacial score (nSPS) is 32.4. The molecule has 2 heteroatoms. The van der Waals surface area contributed by atoms with Gasteiger partial charge in [0.15, 0.2) is 0 Å². The average Bonchev–Trinajstić information content (AvgIpc) is 3.06. The van der Waals surface area contributed by atoms with Gasteiger partial charge in [0.25, 0.3) is 0 Å². The molecule has 1 saturated heterocycles. The van der Waals surface area contributed by atoms with Crippen LogP contribution in [0, 0.1) is 5.92 Å². The molecular weight excluding hydrogens is 220 g/mol. The van der Waals surface area contributed by atoms with Crippen molar-refractivity contribution in [3.8, 4) is 0 Å². The summed E-state index contributed by atoms with van der Waals surface area (Å²) in [4.78, 5) is 2.60. The van der Waals surface area contributed by atoms with E-state index in [4.69, 9.17) is 0 Å². The Labute approximate surface area is 110 Å². The van der Waals surface area contributed by atoms with Gasteiger partial charge in [-0.1, -0.05) is 37.3 Å². The lowest BCUT2D eigenvalue weighted by atomic mass is 10.0. The van der Waals surface area contributed by atoms with Crippen LogP contribution in [-0.4, -0.2) is 30.1 Å². The van der Waals surface area contributed by atoms with Crippen LogP contribution in [0.4, 0.5) is 0 Å². The number of nitrogens with zero attached hydrogens (tertiary/aromatic N) is 1. The first-order valence-corrected chi connectivity index (χ1v) is 7.33. The molecule has 1 aliphatic carbocycles. The molecule has 1 saturated carbocycles. The first-order chi connectivity index (χ1) is 8.81. The maximum Gasteiger partial charge on any atom is 0.0234 e.